The van der Waals surface area contributed by atoms with Crippen molar-refractivity contribution >= 4 is 35.1 Å². The average Bonchev–Trinajstić information content (AvgIpc) is 3.21. The fourth-order valence-electron chi connectivity index (χ4n) is 12.6. The van der Waals surface area contributed by atoms with E-state index in [4.69, 9.17) is 9.47 Å². The molecule has 2 fully saturated rings. The minimum atomic E-state index is -0.699. The van der Waals surface area contributed by atoms with Gasteiger partial charge in [0.25, 0.3) is 0 Å². The monoisotopic (exact) mass is 861 g/mol. The summed E-state index contributed by atoms with van der Waals surface area (Å²) >= 11 is 0. The van der Waals surface area contributed by atoms with E-state index in [1.54, 1.807) is 12.2 Å². The van der Waals surface area contributed by atoms with Crippen LogP contribution in [-0.4, -0.2) is 48.3 Å². The van der Waals surface area contributed by atoms with E-state index in [2.05, 4.69) is 79.7 Å². The second-order valence-electron chi connectivity index (χ2n) is 21.0. The molecule has 63 heavy (non-hydrogen) atoms. The van der Waals surface area contributed by atoms with Gasteiger partial charge in [-0.15, -0.1) is 0 Å². The van der Waals surface area contributed by atoms with Gasteiger partial charge in [0.1, 0.15) is 0 Å². The Balaban J connectivity index is 1.11. The Morgan fingerprint density at radius 3 is 1.33 bits per heavy atom. The minimum absolute atomic E-state index is 0.00168. The maximum absolute atomic E-state index is 14.2. The molecule has 0 N–H and O–H groups in total. The van der Waals surface area contributed by atoms with Crippen LogP contribution in [0.5, 0.6) is 0 Å². The van der Waals surface area contributed by atoms with Crippen molar-refractivity contribution in [3.05, 3.63) is 93.1 Å². The number of carbonyl (C=O) groups is 6. The maximum atomic E-state index is 14.2. The zero-order valence-corrected chi connectivity index (χ0v) is 39.8. The number of esters is 2. The van der Waals surface area contributed by atoms with Crippen molar-refractivity contribution in [3.63, 3.8) is 0 Å². The summed E-state index contributed by atoms with van der Waals surface area (Å²) < 4.78 is 12.1. The number of rotatable bonds is 16. The third-order valence-corrected chi connectivity index (χ3v) is 15.9. The summed E-state index contributed by atoms with van der Waals surface area (Å²) in [6.45, 7) is 20.4. The number of aryl methyl sites for hydroxylation is 2. The van der Waals surface area contributed by atoms with Crippen LogP contribution in [0, 0.1) is 22.7 Å². The summed E-state index contributed by atoms with van der Waals surface area (Å²) in [6, 6.07) is 8.65. The molecule has 4 aliphatic carbocycles. The van der Waals surface area contributed by atoms with E-state index in [1.807, 2.05) is 0 Å². The van der Waals surface area contributed by atoms with Crippen LogP contribution in [0.25, 0.3) is 0 Å². The molecule has 0 heterocycles. The van der Waals surface area contributed by atoms with E-state index < -0.39 is 10.8 Å². The van der Waals surface area contributed by atoms with Gasteiger partial charge in [0, 0.05) is 30.4 Å². The first kappa shape index (κ1) is 48.0. The van der Waals surface area contributed by atoms with Crippen LogP contribution in [0.1, 0.15) is 206 Å². The number of allylic oxidation sites excluding steroid dienone is 4. The molecule has 0 radical (unpaired) electrons. The lowest BCUT2D eigenvalue weighted by Crippen LogP contribution is -2.53. The number of carbonyl (C=O) groups excluding carboxylic acids is 6. The Kier molecular flexibility index (Phi) is 14.4. The molecule has 0 amide bonds. The number of hydrogen-bond donors (Lipinski definition) is 0. The molecule has 8 heteroatoms. The lowest BCUT2D eigenvalue weighted by Gasteiger charge is -2.54. The molecule has 0 bridgehead atoms. The van der Waals surface area contributed by atoms with E-state index in [-0.39, 0.29) is 95.6 Å². The Hall–Kier alpha value is -4.46. The van der Waals surface area contributed by atoms with E-state index in [9.17, 15) is 28.8 Å². The molecule has 0 saturated heterocycles. The van der Waals surface area contributed by atoms with Crippen LogP contribution >= 0.6 is 0 Å². The largest absolute Gasteiger partial charge is 0.465 e. The second-order valence-corrected chi connectivity index (χ2v) is 21.0. The minimum Gasteiger partial charge on any atom is -0.465 e. The molecule has 2 aromatic carbocycles. The summed E-state index contributed by atoms with van der Waals surface area (Å²) in [7, 11) is 0. The molecule has 0 aromatic heterocycles. The highest BCUT2D eigenvalue weighted by molar-refractivity contribution is 6.00. The lowest BCUT2D eigenvalue weighted by atomic mass is 9.49. The quantitative estimate of drug-likeness (QED) is 0.0708. The van der Waals surface area contributed by atoms with E-state index in [0.29, 0.717) is 17.5 Å². The zero-order valence-electron chi connectivity index (χ0n) is 39.8. The van der Waals surface area contributed by atoms with Crippen LogP contribution < -0.4 is 0 Å². The lowest BCUT2D eigenvalue weighted by molar-refractivity contribution is -0.167. The smallest absolute Gasteiger partial charge is 0.312 e. The number of fused-ring (bicyclic) bond motifs is 6. The summed E-state index contributed by atoms with van der Waals surface area (Å²) in [6.07, 6.45) is 15.4. The van der Waals surface area contributed by atoms with Gasteiger partial charge < -0.3 is 9.47 Å². The van der Waals surface area contributed by atoms with Gasteiger partial charge in [-0.3, -0.25) is 28.8 Å². The highest BCUT2D eigenvalue weighted by Gasteiger charge is 2.57. The number of benzene rings is 2. The van der Waals surface area contributed by atoms with Gasteiger partial charge in [-0.05, 0) is 171 Å². The maximum Gasteiger partial charge on any atom is 0.312 e. The third-order valence-electron chi connectivity index (χ3n) is 15.9. The van der Waals surface area contributed by atoms with Crippen molar-refractivity contribution in [3.8, 4) is 0 Å². The molecular formula is C55H72O8. The summed E-state index contributed by atoms with van der Waals surface area (Å²) in [4.78, 5) is 78.6. The molecule has 0 aliphatic heterocycles. The normalized spacial score (nSPS) is 27.7. The fourth-order valence-corrected chi connectivity index (χ4v) is 12.6. The topological polar surface area (TPSA) is 121 Å². The third kappa shape index (κ3) is 9.38. The van der Waals surface area contributed by atoms with Crippen LogP contribution in [0.4, 0.5) is 0 Å². The molecule has 6 rings (SSSR count). The highest BCUT2D eigenvalue weighted by atomic mass is 16.5. The number of ketones is 4. The summed E-state index contributed by atoms with van der Waals surface area (Å²) in [5.74, 6) is -0.177. The predicted molar refractivity (Wildman–Crippen MR) is 247 cm³/mol. The molecule has 2 aromatic rings. The first-order valence-corrected chi connectivity index (χ1v) is 23.8. The average molecular weight is 861 g/mol. The SMILES string of the molecule is CC(=O)/C=C\CC(=O)c1cc2c(cc1C(C)C)CCC1C(C)(C(=O)OCCCOC(=O)C3(C)CCCC4(C)c5cc(C(=O)C/C=C\C(C)=O)c(C(C)C)cc5CCC34)CCCC21C. The molecule has 2 saturated carbocycles. The fraction of sp³-hybridized carbons (Fsp3) is 0.600. The second kappa shape index (κ2) is 18.9. The van der Waals surface area contributed by atoms with Crippen molar-refractivity contribution in [1.29, 1.82) is 0 Å². The van der Waals surface area contributed by atoms with Gasteiger partial charge in [0.15, 0.2) is 23.1 Å². The molecule has 8 nitrogen and oxygen atoms in total. The first-order chi connectivity index (χ1) is 29.7. The molecule has 6 atom stereocenters. The molecule has 340 valence electrons. The Morgan fingerprint density at radius 1 is 0.603 bits per heavy atom. The Morgan fingerprint density at radius 2 is 0.984 bits per heavy atom. The van der Waals surface area contributed by atoms with Crippen LogP contribution in [0.15, 0.2) is 48.6 Å². The first-order valence-electron chi connectivity index (χ1n) is 23.8. The predicted octanol–water partition coefficient (Wildman–Crippen LogP) is 11.6. The molecule has 4 aliphatic rings. The Labute approximate surface area is 376 Å². The van der Waals surface area contributed by atoms with Gasteiger partial charge in [0.2, 0.25) is 0 Å². The van der Waals surface area contributed by atoms with Crippen molar-refractivity contribution in [2.24, 2.45) is 22.7 Å². The molecular weight excluding hydrogens is 789 g/mol. The summed E-state index contributed by atoms with van der Waals surface area (Å²) in [5.41, 5.74) is 6.31. The standard InChI is InChI=1S/C55H72O8/c1-34(2)40-30-38-20-22-48-52(7,44(38)32-42(40)46(58)18-11-16-36(5)56)24-13-26-54(48,9)50(60)62-28-15-29-63-51(61)55(10)27-14-25-53(8)45-33-43(47(59)19-12-17-37(6)57)41(35(3)4)31-39(45)21-23-49(53)55/h11-12,16-17,30-35,48-49H,13-15,18-29H2,1-10H3/b16-11-,17-12-. The van der Waals surface area contributed by atoms with Gasteiger partial charge in [-0.25, -0.2) is 0 Å². The molecule has 6 unspecified atom stereocenters. The number of hydrogen-bond acceptors (Lipinski definition) is 8. The van der Waals surface area contributed by atoms with Crippen molar-refractivity contribution < 1.29 is 38.2 Å². The highest BCUT2D eigenvalue weighted by Crippen LogP contribution is 2.59. The summed E-state index contributed by atoms with van der Waals surface area (Å²) in [5, 5.41) is 0. The van der Waals surface area contributed by atoms with Gasteiger partial charge in [0.05, 0.1) is 24.0 Å². The van der Waals surface area contributed by atoms with Gasteiger partial charge in [-0.1, -0.05) is 78.7 Å². The van der Waals surface area contributed by atoms with E-state index >= 15 is 0 Å². The molecule has 0 spiro atoms. The van der Waals surface area contributed by atoms with Crippen LogP contribution in [-0.2, 0) is 52.3 Å². The van der Waals surface area contributed by atoms with E-state index in [0.717, 1.165) is 86.5 Å². The van der Waals surface area contributed by atoms with Gasteiger partial charge >= 0.3 is 11.9 Å². The van der Waals surface area contributed by atoms with Crippen molar-refractivity contribution in [2.75, 3.05) is 13.2 Å². The van der Waals surface area contributed by atoms with Crippen molar-refractivity contribution in [2.45, 2.75) is 175 Å². The van der Waals surface area contributed by atoms with Gasteiger partial charge in [-0.2, -0.15) is 0 Å². The number of ether oxygens (including phenoxy) is 2. The van der Waals surface area contributed by atoms with Crippen LogP contribution in [0.3, 0.4) is 0 Å². The van der Waals surface area contributed by atoms with Crippen molar-refractivity contribution in [1.82, 2.24) is 0 Å². The van der Waals surface area contributed by atoms with Crippen LogP contribution in [0.2, 0.25) is 0 Å². The Bertz CT molecular complexity index is 2050. The zero-order chi connectivity index (χ0) is 46.1. The van der Waals surface area contributed by atoms with E-state index in [1.165, 1.54) is 37.1 Å². The number of Topliss-reactive ketones (excluding diaryl/α,β-unsaturated/α-hetero) is 2.